The monoisotopic (exact) mass is 215 g/mol. The number of likely N-dealkylation sites (N-methyl/N-ethyl adjacent to an activating group) is 1. The molecule has 0 spiro atoms. The molecule has 0 amide bonds. The lowest BCUT2D eigenvalue weighted by molar-refractivity contribution is -0.0726. The van der Waals surface area contributed by atoms with E-state index in [0.717, 1.165) is 0 Å². The van der Waals surface area contributed by atoms with Crippen molar-refractivity contribution in [2.75, 3.05) is 21.2 Å². The van der Waals surface area contributed by atoms with E-state index in [0.29, 0.717) is 12.1 Å². The van der Waals surface area contributed by atoms with Crippen molar-refractivity contribution in [3.05, 3.63) is 28.9 Å². The van der Waals surface area contributed by atoms with Crippen molar-refractivity contribution in [3.63, 3.8) is 0 Å². The van der Waals surface area contributed by atoms with E-state index in [4.69, 9.17) is 10.1 Å². The standard InChI is InChI=1S/C9H14N3O.ClH/c1-12(2)9(13-3)6-4-8(11-10)5-7-9;/h4-6H,7H2,1-3H3;1H/q+1;/p-1. The van der Waals surface area contributed by atoms with Crippen LogP contribution in [-0.2, 0) is 4.74 Å². The van der Waals surface area contributed by atoms with Crippen LogP contribution < -0.4 is 12.4 Å². The van der Waals surface area contributed by atoms with E-state index in [-0.39, 0.29) is 12.4 Å². The molecule has 1 aliphatic rings. The van der Waals surface area contributed by atoms with Crippen LogP contribution in [-0.4, -0.2) is 31.8 Å². The van der Waals surface area contributed by atoms with Crippen LogP contribution in [0, 0.1) is 5.39 Å². The number of ether oxygens (including phenoxy) is 1. The zero-order valence-corrected chi connectivity index (χ0v) is 9.32. The highest BCUT2D eigenvalue weighted by Gasteiger charge is 2.32. The number of rotatable bonds is 2. The van der Waals surface area contributed by atoms with Crippen LogP contribution >= 0.6 is 0 Å². The summed E-state index contributed by atoms with van der Waals surface area (Å²) in [7, 11) is 5.56. The molecule has 0 aliphatic heterocycles. The first-order valence-corrected chi connectivity index (χ1v) is 4.12. The van der Waals surface area contributed by atoms with Gasteiger partial charge in [-0.1, -0.05) is 0 Å². The van der Waals surface area contributed by atoms with Gasteiger partial charge in [0.25, 0.3) is 0 Å². The second-order valence-electron chi connectivity index (χ2n) is 3.21. The van der Waals surface area contributed by atoms with Gasteiger partial charge in [-0.2, -0.15) is 0 Å². The summed E-state index contributed by atoms with van der Waals surface area (Å²) in [6.45, 7) is 0. The Morgan fingerprint density at radius 1 is 1.57 bits per heavy atom. The van der Waals surface area contributed by atoms with Crippen molar-refractivity contribution in [1.82, 2.24) is 4.90 Å². The number of allylic oxidation sites excluding steroid dienone is 1. The smallest absolute Gasteiger partial charge is 0.381 e. The van der Waals surface area contributed by atoms with E-state index in [9.17, 15) is 0 Å². The molecule has 0 bridgehead atoms. The van der Waals surface area contributed by atoms with Gasteiger partial charge in [-0.3, -0.25) is 4.90 Å². The summed E-state index contributed by atoms with van der Waals surface area (Å²) in [6, 6.07) is 0. The van der Waals surface area contributed by atoms with Gasteiger partial charge in [-0.25, -0.2) is 0 Å². The van der Waals surface area contributed by atoms with Crippen LogP contribution in [0.5, 0.6) is 0 Å². The second-order valence-corrected chi connectivity index (χ2v) is 3.21. The molecule has 14 heavy (non-hydrogen) atoms. The molecular formula is C9H14ClN3O. The Bertz CT molecular complexity index is 293. The Hall–Kier alpha value is -0.890. The summed E-state index contributed by atoms with van der Waals surface area (Å²) in [4.78, 5) is 5.09. The fourth-order valence-corrected chi connectivity index (χ4v) is 1.34. The highest BCUT2D eigenvalue weighted by atomic mass is 35.5. The van der Waals surface area contributed by atoms with Gasteiger partial charge >= 0.3 is 5.70 Å². The van der Waals surface area contributed by atoms with Gasteiger partial charge < -0.3 is 17.1 Å². The quantitative estimate of drug-likeness (QED) is 0.420. The van der Waals surface area contributed by atoms with Gasteiger partial charge in [0.2, 0.25) is 5.39 Å². The lowest BCUT2D eigenvalue weighted by Crippen LogP contribution is -3.00. The predicted octanol–water partition coefficient (Wildman–Crippen LogP) is -1.41. The number of hydrogen-bond donors (Lipinski definition) is 0. The Balaban J connectivity index is 0.00000169. The molecule has 0 aromatic heterocycles. The van der Waals surface area contributed by atoms with Crippen LogP contribution in [0.3, 0.4) is 0 Å². The fourth-order valence-electron chi connectivity index (χ4n) is 1.34. The SMILES string of the molecule is COC1(N(C)C)C=CC([N+]#N)=CC1.[Cl-]. The molecule has 0 saturated carbocycles. The molecular weight excluding hydrogens is 202 g/mol. The zero-order valence-electron chi connectivity index (χ0n) is 8.57. The van der Waals surface area contributed by atoms with Gasteiger partial charge in [0.1, 0.15) is 5.72 Å². The van der Waals surface area contributed by atoms with Crippen molar-refractivity contribution >= 4 is 0 Å². The zero-order chi connectivity index (χ0) is 9.90. The normalized spacial score (nSPS) is 25.2. The molecule has 1 atom stereocenters. The number of nitrogens with zero attached hydrogens (tertiary/aromatic N) is 3. The van der Waals surface area contributed by atoms with E-state index in [1.165, 1.54) is 0 Å². The molecule has 0 aromatic carbocycles. The third-order valence-electron chi connectivity index (χ3n) is 2.34. The van der Waals surface area contributed by atoms with Gasteiger partial charge in [-0.05, 0) is 20.2 Å². The summed E-state index contributed by atoms with van der Waals surface area (Å²) in [5, 5.41) is 8.52. The summed E-state index contributed by atoms with van der Waals surface area (Å²) in [5.41, 5.74) is 0.184. The second kappa shape index (κ2) is 5.11. The topological polar surface area (TPSA) is 40.6 Å². The van der Waals surface area contributed by atoms with E-state index in [1.54, 1.807) is 13.2 Å². The molecule has 78 valence electrons. The van der Waals surface area contributed by atoms with E-state index < -0.39 is 5.72 Å². The van der Waals surface area contributed by atoms with Crippen molar-refractivity contribution in [2.45, 2.75) is 12.1 Å². The maximum atomic E-state index is 8.52. The summed E-state index contributed by atoms with van der Waals surface area (Å²) >= 11 is 0. The Morgan fingerprint density at radius 2 is 2.21 bits per heavy atom. The van der Waals surface area contributed by atoms with Crippen LogP contribution in [0.15, 0.2) is 23.9 Å². The summed E-state index contributed by atoms with van der Waals surface area (Å²) in [5.74, 6) is 0. The first-order chi connectivity index (χ1) is 6.14. The van der Waals surface area contributed by atoms with Crippen LogP contribution in [0.4, 0.5) is 0 Å². The van der Waals surface area contributed by atoms with Crippen LogP contribution in [0.1, 0.15) is 6.42 Å². The highest BCUT2D eigenvalue weighted by molar-refractivity contribution is 5.31. The van der Waals surface area contributed by atoms with Crippen LogP contribution in [0.2, 0.25) is 0 Å². The molecule has 1 aliphatic carbocycles. The van der Waals surface area contributed by atoms with Crippen molar-refractivity contribution in [2.24, 2.45) is 0 Å². The third kappa shape index (κ3) is 2.32. The maximum absolute atomic E-state index is 8.52. The average molecular weight is 216 g/mol. The van der Waals surface area contributed by atoms with Gasteiger partial charge in [0.05, 0.1) is 0 Å². The van der Waals surface area contributed by atoms with Crippen molar-refractivity contribution < 1.29 is 17.1 Å². The van der Waals surface area contributed by atoms with Crippen molar-refractivity contribution in [1.29, 1.82) is 5.39 Å². The average Bonchev–Trinajstić information content (AvgIpc) is 2.17. The molecule has 0 aromatic rings. The first-order valence-electron chi connectivity index (χ1n) is 4.12. The molecule has 0 fully saturated rings. The van der Waals surface area contributed by atoms with Gasteiger partial charge in [0.15, 0.2) is 4.98 Å². The maximum Gasteiger partial charge on any atom is 0.381 e. The summed E-state index contributed by atoms with van der Waals surface area (Å²) < 4.78 is 5.40. The minimum atomic E-state index is -0.395. The molecule has 0 saturated heterocycles. The number of methoxy groups -OCH3 is 1. The van der Waals surface area contributed by atoms with E-state index in [2.05, 4.69) is 4.98 Å². The fraction of sp³-hybridized carbons (Fsp3) is 0.556. The van der Waals surface area contributed by atoms with Crippen LogP contribution in [0.25, 0.3) is 4.98 Å². The number of diazo groups is 1. The van der Waals surface area contributed by atoms with E-state index in [1.807, 2.05) is 31.1 Å². The number of halogens is 1. The molecule has 4 nitrogen and oxygen atoms in total. The minimum Gasteiger partial charge on any atom is -1.00 e. The molecule has 0 heterocycles. The number of hydrogen-bond acceptors (Lipinski definition) is 3. The Labute approximate surface area is 90.3 Å². The van der Waals surface area contributed by atoms with Gasteiger partial charge in [-0.15, -0.1) is 0 Å². The molecule has 0 radical (unpaired) electrons. The van der Waals surface area contributed by atoms with Crippen molar-refractivity contribution in [3.8, 4) is 0 Å². The third-order valence-corrected chi connectivity index (χ3v) is 2.34. The first kappa shape index (κ1) is 13.1. The lowest BCUT2D eigenvalue weighted by atomic mass is 10.0. The largest absolute Gasteiger partial charge is 1.00 e. The minimum absolute atomic E-state index is 0. The van der Waals surface area contributed by atoms with Gasteiger partial charge in [0, 0.05) is 25.7 Å². The molecule has 0 N–H and O–H groups in total. The predicted molar refractivity (Wildman–Crippen MR) is 50.4 cm³/mol. The molecule has 1 rings (SSSR count). The van der Waals surface area contributed by atoms with E-state index >= 15 is 0 Å². The lowest BCUT2D eigenvalue weighted by Gasteiger charge is -2.35. The molecule has 5 heteroatoms. The summed E-state index contributed by atoms with van der Waals surface area (Å²) in [6.07, 6.45) is 6.16. The highest BCUT2D eigenvalue weighted by Crippen LogP contribution is 2.26. The Kier molecular flexibility index (Phi) is 4.78. The Morgan fingerprint density at radius 3 is 2.50 bits per heavy atom. The molecule has 1 unspecified atom stereocenters.